The Balaban J connectivity index is 1.00. The summed E-state index contributed by atoms with van der Waals surface area (Å²) < 4.78 is 97.1. The highest BCUT2D eigenvalue weighted by Crippen LogP contribution is 2.38. The predicted molar refractivity (Wildman–Crippen MR) is 279 cm³/mol. The molecule has 0 aromatic rings. The van der Waals surface area contributed by atoms with E-state index in [2.05, 4.69) is 0 Å². The Hall–Kier alpha value is -1.72. The maximum Gasteiger partial charge on any atom is 0.187 e. The Morgan fingerprint density at radius 3 is 0.894 bits per heavy atom. The van der Waals surface area contributed by atoms with Crippen LogP contribution < -0.4 is 0 Å². The molecule has 9 saturated heterocycles. The molecule has 9 fully saturated rings. The molecular formula is C51H86O43. The van der Waals surface area contributed by atoms with Gasteiger partial charge in [0, 0.05) is 0 Å². The second-order valence-corrected chi connectivity index (χ2v) is 24.0. The van der Waals surface area contributed by atoms with Crippen LogP contribution in [0.25, 0.3) is 0 Å². The summed E-state index contributed by atoms with van der Waals surface area (Å²) in [4.78, 5) is 0. The van der Waals surface area contributed by atoms with Crippen LogP contribution in [-0.4, -0.2) is 450 Å². The lowest BCUT2D eigenvalue weighted by Gasteiger charge is -2.49. The third kappa shape index (κ3) is 16.3. The van der Waals surface area contributed by atoms with Crippen LogP contribution in [0, 0.1) is 0 Å². The van der Waals surface area contributed by atoms with Gasteiger partial charge in [-0.05, 0) is 0 Å². The molecule has 0 aliphatic carbocycles. The van der Waals surface area contributed by atoms with Gasteiger partial charge in [-0.3, -0.25) is 0 Å². The van der Waals surface area contributed by atoms with E-state index in [1.165, 1.54) is 0 Å². The number of hydrogen-bond acceptors (Lipinski definition) is 43. The first-order valence-corrected chi connectivity index (χ1v) is 29.9. The van der Waals surface area contributed by atoms with E-state index >= 15 is 0 Å². The van der Waals surface area contributed by atoms with Gasteiger partial charge in [0.25, 0.3) is 0 Å². The van der Waals surface area contributed by atoms with E-state index in [0.717, 1.165) is 0 Å². The normalized spacial score (nSPS) is 53.9. The highest BCUT2D eigenvalue weighted by atomic mass is 16.8. The first-order valence-electron chi connectivity index (χ1n) is 29.9. The summed E-state index contributed by atoms with van der Waals surface area (Å²) in [6, 6.07) is 0. The molecule has 0 spiro atoms. The largest absolute Gasteiger partial charge is 0.394 e. The minimum absolute atomic E-state index is 0.534. The van der Waals surface area contributed by atoms with Crippen LogP contribution in [0.2, 0.25) is 0 Å². The average molecular weight is 1390 g/mol. The van der Waals surface area contributed by atoms with Crippen LogP contribution in [0.5, 0.6) is 0 Å². The third-order valence-electron chi connectivity index (χ3n) is 17.5. The quantitative estimate of drug-likeness (QED) is 0.0479. The van der Waals surface area contributed by atoms with E-state index in [9.17, 15) is 133 Å². The molecule has 9 aliphatic heterocycles. The van der Waals surface area contributed by atoms with Gasteiger partial charge in [0.15, 0.2) is 56.6 Å². The van der Waals surface area contributed by atoms with Gasteiger partial charge < -0.3 is 213 Å². The Bertz CT molecular complexity index is 2290. The van der Waals surface area contributed by atoms with Crippen molar-refractivity contribution >= 4 is 0 Å². The van der Waals surface area contributed by atoms with Crippen molar-refractivity contribution in [3.8, 4) is 0 Å². The molecule has 42 atom stereocenters. The summed E-state index contributed by atoms with van der Waals surface area (Å²) in [5, 5.41) is 280. The molecule has 0 aromatic carbocycles. The van der Waals surface area contributed by atoms with Crippen molar-refractivity contribution in [3.63, 3.8) is 0 Å². The van der Waals surface area contributed by atoms with Crippen molar-refractivity contribution < 1.29 is 213 Å². The highest BCUT2D eigenvalue weighted by molar-refractivity contribution is 5.00. The fourth-order valence-electron chi connectivity index (χ4n) is 11.8. The van der Waals surface area contributed by atoms with Crippen LogP contribution >= 0.6 is 0 Å². The standard InChI is InChI=1S/C51H86O43/c52-1-13-22(61)25(64)33(72)45(85-13)93-41-20(59)11(56)5-79-50(41)82-8-17-39(91-47-35(74)27(66)24(63)16(87-47)7-81-44-32(71)19(58)10(55)4-78-44)30(69)37(76)49(89-17)92-40-18(88-48(36(75)29(40)68)90-38-15(3-54)84-43(77)31(70)28(38)67)9-83-51-42(21(60)12(57)6-80-51)94-46-34(73)26(65)23(62)14(2-53)86-46/h10-77H,1-9H2/t10-,11-,12-,13-,14-,15-,16-,17-,18-,19+,20+,21+,22+,23+,24-,25+,26+,27+,28-,29-,30-,31-,32-,33-,34-,35-,36-,37-,38-,39-,40-,41-,42-,43?,44-,45+,46+,47+,48+,49+,50-,51-/m1/s1. The van der Waals surface area contributed by atoms with Crippen LogP contribution in [0.3, 0.4) is 0 Å². The molecule has 43 heteroatoms. The van der Waals surface area contributed by atoms with Gasteiger partial charge in [-0.2, -0.15) is 0 Å². The molecule has 0 saturated carbocycles. The van der Waals surface area contributed by atoms with Gasteiger partial charge in [-0.1, -0.05) is 0 Å². The minimum atomic E-state index is -2.48. The first-order chi connectivity index (χ1) is 44.5. The molecule has 26 N–H and O–H groups in total. The van der Waals surface area contributed by atoms with Crippen molar-refractivity contribution in [1.29, 1.82) is 0 Å². The molecule has 43 nitrogen and oxygen atoms in total. The molecule has 9 aliphatic rings. The maximum atomic E-state index is 12.1. The van der Waals surface area contributed by atoms with Gasteiger partial charge in [0.2, 0.25) is 0 Å². The molecule has 0 bridgehead atoms. The van der Waals surface area contributed by atoms with Crippen LogP contribution in [-0.2, 0) is 80.5 Å². The monoisotopic (exact) mass is 1390 g/mol. The Labute approximate surface area is 530 Å². The van der Waals surface area contributed by atoms with E-state index < -0.39 is 318 Å². The van der Waals surface area contributed by atoms with Gasteiger partial charge >= 0.3 is 0 Å². The summed E-state index contributed by atoms with van der Waals surface area (Å²) in [5.41, 5.74) is 0. The molecule has 9 heterocycles. The van der Waals surface area contributed by atoms with Crippen molar-refractivity contribution in [1.82, 2.24) is 0 Å². The van der Waals surface area contributed by atoms with E-state index in [1.54, 1.807) is 0 Å². The predicted octanol–water partition coefficient (Wildman–Crippen LogP) is -18.7. The second kappa shape index (κ2) is 32.9. The smallest absolute Gasteiger partial charge is 0.187 e. The Morgan fingerprint density at radius 2 is 0.500 bits per heavy atom. The lowest BCUT2D eigenvalue weighted by atomic mass is 9.95. The number of aliphatic hydroxyl groups excluding tert-OH is 26. The second-order valence-electron chi connectivity index (χ2n) is 24.0. The van der Waals surface area contributed by atoms with Gasteiger partial charge in [0.05, 0.1) is 59.5 Å². The Morgan fingerprint density at radius 1 is 0.223 bits per heavy atom. The van der Waals surface area contributed by atoms with Crippen LogP contribution in [0.1, 0.15) is 0 Å². The highest BCUT2D eigenvalue weighted by Gasteiger charge is 2.58. The van der Waals surface area contributed by atoms with Crippen LogP contribution in [0.4, 0.5) is 0 Å². The zero-order valence-corrected chi connectivity index (χ0v) is 49.2. The summed E-state index contributed by atoms with van der Waals surface area (Å²) in [6.07, 6.45) is -84.5. The lowest BCUT2D eigenvalue weighted by molar-refractivity contribution is -0.397. The summed E-state index contributed by atoms with van der Waals surface area (Å²) >= 11 is 0. The molecule has 1 unspecified atom stereocenters. The van der Waals surface area contributed by atoms with Crippen molar-refractivity contribution in [2.24, 2.45) is 0 Å². The molecular weight excluding hydrogens is 1300 g/mol. The maximum absolute atomic E-state index is 12.1. The topological polar surface area (TPSA) is 683 Å². The zero-order valence-electron chi connectivity index (χ0n) is 49.2. The third-order valence-corrected chi connectivity index (χ3v) is 17.5. The molecule has 9 rings (SSSR count). The van der Waals surface area contributed by atoms with Crippen molar-refractivity contribution in [2.75, 3.05) is 59.5 Å². The van der Waals surface area contributed by atoms with E-state index in [4.69, 9.17) is 80.5 Å². The van der Waals surface area contributed by atoms with Gasteiger partial charge in [0.1, 0.15) is 201 Å². The number of aliphatic hydroxyl groups is 26. The molecule has 0 radical (unpaired) electrons. The van der Waals surface area contributed by atoms with Crippen LogP contribution in [0.15, 0.2) is 0 Å². The summed E-state index contributed by atoms with van der Waals surface area (Å²) in [5.74, 6) is 0. The van der Waals surface area contributed by atoms with E-state index in [1.807, 2.05) is 0 Å². The number of hydrogen-bond donors (Lipinski definition) is 26. The molecule has 548 valence electrons. The lowest BCUT2D eigenvalue weighted by Crippen LogP contribution is -2.68. The van der Waals surface area contributed by atoms with Crippen molar-refractivity contribution in [2.45, 2.75) is 258 Å². The summed E-state index contributed by atoms with van der Waals surface area (Å²) in [6.45, 7) is -7.83. The zero-order chi connectivity index (χ0) is 68.6. The van der Waals surface area contributed by atoms with Gasteiger partial charge in [-0.15, -0.1) is 0 Å². The number of rotatable bonds is 22. The van der Waals surface area contributed by atoms with Gasteiger partial charge in [-0.25, -0.2) is 0 Å². The Kier molecular flexibility index (Phi) is 26.8. The number of ether oxygens (including phenoxy) is 17. The minimum Gasteiger partial charge on any atom is -0.394 e. The summed E-state index contributed by atoms with van der Waals surface area (Å²) in [7, 11) is 0. The fourth-order valence-corrected chi connectivity index (χ4v) is 11.8. The first kappa shape index (κ1) is 76.5. The molecule has 94 heavy (non-hydrogen) atoms. The molecule has 0 aromatic heterocycles. The molecule has 0 amide bonds. The fraction of sp³-hybridized carbons (Fsp3) is 1.00. The van der Waals surface area contributed by atoms with E-state index in [0.29, 0.717) is 0 Å². The SMILES string of the molecule is OC[C@H]1O[C@@H](O[C@H]2[C@@H](OC[C@H]3O[C@@H](O[C@H]4[C@H](O)[C@@H](O)[C@H](O[C@H]5[C@H](O)[C@@H](O)C(O)O[C@@H]5CO)O[C@@H]4CO[C@H]4OC[C@@H](O)[C@H](O)[C@H]4O[C@@H]4O[C@H](CO)[C@H](O)[C@H](O)[C@H]4O)[C@H](O)[C@@H](O)[C@@H]3O[C@@H]3O[C@H](CO[C@H]4OC[C@@H](O)[C@H](O)[C@H]4O)[C@@H](O)[C@H](O)[C@H]3O)OC[C@@H](O)[C@@H]2O)[C@H](O)[C@@H](O)[C@H]1O. The average Bonchev–Trinajstić information content (AvgIpc) is 0.785. The van der Waals surface area contributed by atoms with E-state index in [-0.39, 0.29) is 0 Å². The van der Waals surface area contributed by atoms with Crippen molar-refractivity contribution in [3.05, 3.63) is 0 Å².